The summed E-state index contributed by atoms with van der Waals surface area (Å²) in [7, 11) is 0. The zero-order valence-corrected chi connectivity index (χ0v) is 11.4. The van der Waals surface area contributed by atoms with Crippen LogP contribution in [-0.2, 0) is 16.6 Å². The predicted molar refractivity (Wildman–Crippen MR) is 79.3 cm³/mol. The Morgan fingerprint density at radius 3 is 2.48 bits per heavy atom. The van der Waals surface area contributed by atoms with Gasteiger partial charge >= 0.3 is 5.97 Å². The molecule has 1 atom stereocenters. The molecule has 0 fully saturated rings. The summed E-state index contributed by atoms with van der Waals surface area (Å²) in [5.74, 6) is -1.73. The molecule has 5 heteroatoms. The first-order valence-corrected chi connectivity index (χ1v) is 6.52. The molecule has 0 aromatic heterocycles. The molecule has 0 heterocycles. The van der Waals surface area contributed by atoms with Gasteiger partial charge < -0.3 is 16.6 Å². The van der Waals surface area contributed by atoms with Crippen molar-refractivity contribution < 1.29 is 14.3 Å². The molecule has 0 amide bonds. The van der Waals surface area contributed by atoms with E-state index >= 15 is 0 Å². The summed E-state index contributed by atoms with van der Waals surface area (Å²) in [5, 5.41) is 9.65. The van der Waals surface area contributed by atoms with Gasteiger partial charge in [-0.15, -0.1) is 0 Å². The Hall–Kier alpha value is -2.40. The maximum atomic E-state index is 14.1. The number of benzene rings is 2. The third-order valence-corrected chi connectivity index (χ3v) is 3.60. The third kappa shape index (κ3) is 2.87. The Kier molecular flexibility index (Phi) is 4.23. The number of carbonyl (C=O) groups is 1. The summed E-state index contributed by atoms with van der Waals surface area (Å²) < 4.78 is 14.1. The predicted octanol–water partition coefficient (Wildman–Crippen LogP) is 1.93. The highest BCUT2D eigenvalue weighted by Gasteiger charge is 2.41. The highest BCUT2D eigenvalue weighted by atomic mass is 19.1. The molecule has 0 bridgehead atoms. The molecule has 110 valence electrons. The van der Waals surface area contributed by atoms with Gasteiger partial charge in [0.2, 0.25) is 0 Å². The number of carboxylic acids is 1. The second-order valence-electron chi connectivity index (χ2n) is 4.99. The molecule has 4 nitrogen and oxygen atoms in total. The molecule has 5 N–H and O–H groups in total. The van der Waals surface area contributed by atoms with Crippen LogP contribution in [0.1, 0.15) is 11.1 Å². The molecule has 0 saturated carbocycles. The first kappa shape index (κ1) is 15.0. The largest absolute Gasteiger partial charge is 0.481 e. The van der Waals surface area contributed by atoms with Gasteiger partial charge in [-0.1, -0.05) is 30.3 Å². The molecule has 2 aromatic rings. The lowest BCUT2D eigenvalue weighted by molar-refractivity contribution is -0.143. The van der Waals surface area contributed by atoms with E-state index in [1.807, 2.05) is 0 Å². The van der Waals surface area contributed by atoms with Crippen molar-refractivity contribution in [1.29, 1.82) is 0 Å². The van der Waals surface area contributed by atoms with Gasteiger partial charge in [-0.2, -0.15) is 0 Å². The van der Waals surface area contributed by atoms with E-state index in [-0.39, 0.29) is 18.5 Å². The van der Waals surface area contributed by atoms with E-state index in [1.54, 1.807) is 30.3 Å². The van der Waals surface area contributed by atoms with E-state index in [1.165, 1.54) is 18.2 Å². The lowest BCUT2D eigenvalue weighted by Gasteiger charge is -2.29. The lowest BCUT2D eigenvalue weighted by Crippen LogP contribution is -2.45. The van der Waals surface area contributed by atoms with E-state index in [0.29, 0.717) is 11.3 Å². The molecule has 1 unspecified atom stereocenters. The van der Waals surface area contributed by atoms with Crippen LogP contribution in [-0.4, -0.2) is 17.6 Å². The zero-order valence-electron chi connectivity index (χ0n) is 11.4. The van der Waals surface area contributed by atoms with Gasteiger partial charge in [-0.25, -0.2) is 4.39 Å². The summed E-state index contributed by atoms with van der Waals surface area (Å²) in [5.41, 5.74) is 11.2. The van der Waals surface area contributed by atoms with Gasteiger partial charge in [0.25, 0.3) is 0 Å². The Bertz CT molecular complexity index is 660. The van der Waals surface area contributed by atoms with Gasteiger partial charge in [0.15, 0.2) is 0 Å². The summed E-state index contributed by atoms with van der Waals surface area (Å²) in [6.07, 6.45) is 0.0742. The van der Waals surface area contributed by atoms with E-state index in [4.69, 9.17) is 11.5 Å². The number of anilines is 1. The summed E-state index contributed by atoms with van der Waals surface area (Å²) in [6, 6.07) is 12.7. The van der Waals surface area contributed by atoms with Crippen molar-refractivity contribution in [3.8, 4) is 0 Å². The van der Waals surface area contributed by atoms with Gasteiger partial charge in [0, 0.05) is 17.8 Å². The van der Waals surface area contributed by atoms with E-state index in [9.17, 15) is 14.3 Å². The fraction of sp³-hybridized carbons (Fsp3) is 0.188. The second kappa shape index (κ2) is 5.93. The van der Waals surface area contributed by atoms with Crippen LogP contribution in [0.3, 0.4) is 0 Å². The third-order valence-electron chi connectivity index (χ3n) is 3.60. The Morgan fingerprint density at radius 2 is 1.90 bits per heavy atom. The molecule has 0 radical (unpaired) electrons. The summed E-state index contributed by atoms with van der Waals surface area (Å²) in [6.45, 7) is -0.210. The lowest BCUT2D eigenvalue weighted by atomic mass is 9.75. The van der Waals surface area contributed by atoms with Crippen molar-refractivity contribution in [1.82, 2.24) is 0 Å². The minimum atomic E-state index is -1.51. The van der Waals surface area contributed by atoms with E-state index < -0.39 is 17.2 Å². The Morgan fingerprint density at radius 1 is 1.19 bits per heavy atom. The fourth-order valence-corrected chi connectivity index (χ4v) is 2.46. The topological polar surface area (TPSA) is 89.3 Å². The molecule has 2 rings (SSSR count). The normalized spacial score (nSPS) is 13.6. The number of nitrogens with two attached hydrogens (primary N) is 2. The molecule has 0 aliphatic carbocycles. The van der Waals surface area contributed by atoms with Crippen molar-refractivity contribution >= 4 is 11.7 Å². The van der Waals surface area contributed by atoms with Gasteiger partial charge in [-0.3, -0.25) is 4.79 Å². The van der Waals surface area contributed by atoms with Crippen LogP contribution in [0.25, 0.3) is 0 Å². The maximum absolute atomic E-state index is 14.1. The highest BCUT2D eigenvalue weighted by Crippen LogP contribution is 2.30. The molecular formula is C16H17FN2O2. The van der Waals surface area contributed by atoms with Crippen molar-refractivity contribution in [2.75, 3.05) is 12.3 Å². The van der Waals surface area contributed by atoms with Crippen molar-refractivity contribution in [3.05, 3.63) is 65.5 Å². The van der Waals surface area contributed by atoms with Crippen molar-refractivity contribution in [2.24, 2.45) is 5.73 Å². The van der Waals surface area contributed by atoms with Gasteiger partial charge in [0.1, 0.15) is 11.2 Å². The highest BCUT2D eigenvalue weighted by molar-refractivity contribution is 5.82. The molecule has 2 aromatic carbocycles. The summed E-state index contributed by atoms with van der Waals surface area (Å²) in [4.78, 5) is 11.8. The number of hydrogen-bond acceptors (Lipinski definition) is 3. The fourth-order valence-electron chi connectivity index (χ4n) is 2.46. The van der Waals surface area contributed by atoms with Crippen LogP contribution >= 0.6 is 0 Å². The number of hydrogen-bond donors (Lipinski definition) is 3. The van der Waals surface area contributed by atoms with Gasteiger partial charge in [0.05, 0.1) is 0 Å². The van der Waals surface area contributed by atoms with Gasteiger partial charge in [-0.05, 0) is 30.2 Å². The monoisotopic (exact) mass is 288 g/mol. The maximum Gasteiger partial charge on any atom is 0.315 e. The minimum Gasteiger partial charge on any atom is -0.481 e. The number of rotatable bonds is 5. The molecular weight excluding hydrogens is 271 g/mol. The summed E-state index contributed by atoms with van der Waals surface area (Å²) >= 11 is 0. The number of carboxylic acid groups (broad SMARTS) is 1. The van der Waals surface area contributed by atoms with Crippen LogP contribution in [0.4, 0.5) is 10.1 Å². The smallest absolute Gasteiger partial charge is 0.315 e. The standard InChI is InChI=1S/C16H17FN2O2/c17-14-7-2-1-6-13(14)16(10-18,15(20)21)9-11-4-3-5-12(19)8-11/h1-8H,9-10,18-19H2,(H,20,21). The van der Waals surface area contributed by atoms with Crippen LogP contribution < -0.4 is 11.5 Å². The zero-order chi connectivity index (χ0) is 15.5. The second-order valence-corrected chi connectivity index (χ2v) is 4.99. The number of halogens is 1. The first-order valence-electron chi connectivity index (χ1n) is 6.52. The van der Waals surface area contributed by atoms with E-state index in [0.717, 1.165) is 0 Å². The molecule has 0 aliphatic heterocycles. The molecule has 0 saturated heterocycles. The molecule has 21 heavy (non-hydrogen) atoms. The Balaban J connectivity index is 2.53. The van der Waals surface area contributed by atoms with Crippen LogP contribution in [0.5, 0.6) is 0 Å². The Labute approximate surface area is 122 Å². The SMILES string of the molecule is NCC(Cc1cccc(N)c1)(C(=O)O)c1ccccc1F. The average molecular weight is 288 g/mol. The van der Waals surface area contributed by atoms with E-state index in [2.05, 4.69) is 0 Å². The van der Waals surface area contributed by atoms with Crippen molar-refractivity contribution in [2.45, 2.75) is 11.8 Å². The van der Waals surface area contributed by atoms with Crippen LogP contribution in [0.2, 0.25) is 0 Å². The van der Waals surface area contributed by atoms with Crippen LogP contribution in [0, 0.1) is 5.82 Å². The van der Waals surface area contributed by atoms with Crippen LogP contribution in [0.15, 0.2) is 48.5 Å². The van der Waals surface area contributed by atoms with Crippen molar-refractivity contribution in [3.63, 3.8) is 0 Å². The quantitative estimate of drug-likeness (QED) is 0.733. The molecule has 0 spiro atoms. The molecule has 0 aliphatic rings. The minimum absolute atomic E-state index is 0.0742. The number of aliphatic carboxylic acids is 1. The average Bonchev–Trinajstić information content (AvgIpc) is 2.45. The first-order chi connectivity index (χ1) is 9.99. The number of nitrogen functional groups attached to an aromatic ring is 1.